The van der Waals surface area contributed by atoms with E-state index in [1.807, 2.05) is 43.3 Å². The molecule has 0 aliphatic heterocycles. The van der Waals surface area contributed by atoms with Crippen molar-refractivity contribution >= 4 is 56.2 Å². The van der Waals surface area contributed by atoms with Gasteiger partial charge in [0.2, 0.25) is 0 Å². The number of benzene rings is 3. The maximum absolute atomic E-state index is 12.3. The third-order valence-electron chi connectivity index (χ3n) is 4.97. The van der Waals surface area contributed by atoms with Gasteiger partial charge in [-0.05, 0) is 72.8 Å². The van der Waals surface area contributed by atoms with Crippen LogP contribution in [0.15, 0.2) is 83.0 Å². The Labute approximate surface area is 219 Å². The number of hydrogen-bond acceptors (Lipinski definition) is 8. The summed E-state index contributed by atoms with van der Waals surface area (Å²) in [5, 5.41) is 14.3. The number of nitrogens with two attached hydrogens (primary N) is 1. The maximum Gasteiger partial charge on any atom is 0.251 e. The van der Waals surface area contributed by atoms with E-state index < -0.39 is 0 Å². The summed E-state index contributed by atoms with van der Waals surface area (Å²) in [4.78, 5) is 26.4. The van der Waals surface area contributed by atoms with Crippen LogP contribution in [0.5, 0.6) is 0 Å². The number of azo groups is 1. The summed E-state index contributed by atoms with van der Waals surface area (Å²) < 4.78 is 0. The van der Waals surface area contributed by atoms with Gasteiger partial charge in [-0.15, -0.1) is 0 Å². The average Bonchev–Trinajstić information content (AvgIpc) is 2.89. The van der Waals surface area contributed by atoms with Crippen LogP contribution in [-0.2, 0) is 0 Å². The minimum atomic E-state index is -0.126. The summed E-state index contributed by atoms with van der Waals surface area (Å²) in [5.41, 5.74) is 9.97. The number of nitrogen functional groups attached to an aromatic ring is 1. The van der Waals surface area contributed by atoms with E-state index in [9.17, 15) is 9.59 Å². The van der Waals surface area contributed by atoms with Gasteiger partial charge in [-0.25, -0.2) is 0 Å². The van der Waals surface area contributed by atoms with Gasteiger partial charge in [-0.2, -0.15) is 10.2 Å². The molecule has 3 rings (SSSR count). The number of nitrogens with one attached hydrogen (secondary N) is 2. The molecule has 0 radical (unpaired) electrons. The van der Waals surface area contributed by atoms with Gasteiger partial charge in [0, 0.05) is 61.2 Å². The first-order valence-corrected chi connectivity index (χ1v) is 13.9. The normalized spacial score (nSPS) is 10.8. The number of rotatable bonds is 12. The molecular formula is C26H30N6O2S2. The number of carbonyl (C=O) groups excluding carboxylic acids is 2. The van der Waals surface area contributed by atoms with Crippen molar-refractivity contribution in [3.63, 3.8) is 0 Å². The largest absolute Gasteiger partial charge is 0.399 e. The van der Waals surface area contributed by atoms with Gasteiger partial charge in [0.25, 0.3) is 11.8 Å². The first-order chi connectivity index (χ1) is 17.4. The second kappa shape index (κ2) is 14.2. The molecule has 10 heteroatoms. The molecule has 36 heavy (non-hydrogen) atoms. The second-order valence-corrected chi connectivity index (χ2v) is 10.6. The van der Waals surface area contributed by atoms with Crippen LogP contribution < -0.4 is 21.3 Å². The van der Waals surface area contributed by atoms with E-state index in [0.29, 0.717) is 35.6 Å². The summed E-state index contributed by atoms with van der Waals surface area (Å²) in [6.07, 6.45) is 0. The van der Waals surface area contributed by atoms with E-state index in [0.717, 1.165) is 22.9 Å². The highest BCUT2D eigenvalue weighted by atomic mass is 33.1. The quantitative estimate of drug-likeness (QED) is 0.129. The lowest BCUT2D eigenvalue weighted by Gasteiger charge is -2.11. The molecule has 188 valence electrons. The zero-order valence-electron chi connectivity index (χ0n) is 20.3. The zero-order valence-corrected chi connectivity index (χ0v) is 21.9. The summed E-state index contributed by atoms with van der Waals surface area (Å²) >= 11 is 0. The van der Waals surface area contributed by atoms with Crippen molar-refractivity contribution in [3.05, 3.63) is 83.9 Å². The summed E-state index contributed by atoms with van der Waals surface area (Å²) in [5.74, 6) is 1.30. The molecule has 0 heterocycles. The Morgan fingerprint density at radius 1 is 0.722 bits per heavy atom. The molecule has 0 saturated heterocycles. The van der Waals surface area contributed by atoms with Crippen molar-refractivity contribution in [2.75, 3.05) is 49.3 Å². The molecule has 0 saturated carbocycles. The van der Waals surface area contributed by atoms with Gasteiger partial charge in [-0.3, -0.25) is 9.59 Å². The smallest absolute Gasteiger partial charge is 0.251 e. The highest BCUT2D eigenvalue weighted by Gasteiger charge is 2.06. The summed E-state index contributed by atoms with van der Waals surface area (Å²) in [6.45, 7) is 1.12. The SMILES string of the molecule is CN(C)c1ccc(/N=N/c2ccc(C(=O)NCCSSCCNC(=O)c3ccc(N)cc3)cc2)cc1. The first kappa shape index (κ1) is 27.1. The van der Waals surface area contributed by atoms with Crippen LogP contribution in [0.3, 0.4) is 0 Å². The topological polar surface area (TPSA) is 112 Å². The Morgan fingerprint density at radius 2 is 1.14 bits per heavy atom. The van der Waals surface area contributed by atoms with Crippen molar-refractivity contribution in [1.29, 1.82) is 0 Å². The lowest BCUT2D eigenvalue weighted by atomic mass is 10.2. The number of carbonyl (C=O) groups is 2. The van der Waals surface area contributed by atoms with E-state index in [1.54, 1.807) is 70.1 Å². The molecule has 3 aromatic carbocycles. The standard InChI is InChI=1S/C26H30N6O2S2/c1-32(2)24-13-11-23(12-14-24)31-30-22-9-5-20(6-10-22)26(34)29-16-18-36-35-17-15-28-25(33)19-3-7-21(27)8-4-19/h3-14H,15-18,27H2,1-2H3,(H,28,33)(H,29,34)/b31-30+. The fourth-order valence-electron chi connectivity index (χ4n) is 2.98. The lowest BCUT2D eigenvalue weighted by Crippen LogP contribution is -2.26. The van der Waals surface area contributed by atoms with Gasteiger partial charge < -0.3 is 21.3 Å². The van der Waals surface area contributed by atoms with Crippen molar-refractivity contribution in [2.24, 2.45) is 10.2 Å². The molecule has 3 aromatic rings. The van der Waals surface area contributed by atoms with Crippen LogP contribution in [0.1, 0.15) is 20.7 Å². The highest BCUT2D eigenvalue weighted by Crippen LogP contribution is 2.22. The van der Waals surface area contributed by atoms with E-state index in [4.69, 9.17) is 5.73 Å². The van der Waals surface area contributed by atoms with Crippen LogP contribution in [0.2, 0.25) is 0 Å². The number of anilines is 2. The molecule has 0 aliphatic rings. The molecular weight excluding hydrogens is 492 g/mol. The molecule has 2 amide bonds. The summed E-state index contributed by atoms with van der Waals surface area (Å²) in [7, 11) is 7.28. The number of hydrogen-bond donors (Lipinski definition) is 3. The molecule has 0 spiro atoms. The van der Waals surface area contributed by atoms with Gasteiger partial charge in [-0.1, -0.05) is 21.6 Å². The van der Waals surface area contributed by atoms with E-state index >= 15 is 0 Å². The fraction of sp³-hybridized carbons (Fsp3) is 0.231. The minimum Gasteiger partial charge on any atom is -0.399 e. The number of amides is 2. The molecule has 0 atom stereocenters. The van der Waals surface area contributed by atoms with Crippen molar-refractivity contribution in [2.45, 2.75) is 0 Å². The van der Waals surface area contributed by atoms with E-state index in [2.05, 4.69) is 20.9 Å². The minimum absolute atomic E-state index is 0.112. The fourth-order valence-corrected chi connectivity index (χ4v) is 4.79. The molecule has 0 fully saturated rings. The first-order valence-electron chi connectivity index (χ1n) is 11.4. The molecule has 0 aliphatic carbocycles. The average molecular weight is 523 g/mol. The highest BCUT2D eigenvalue weighted by molar-refractivity contribution is 8.76. The molecule has 4 N–H and O–H groups in total. The van der Waals surface area contributed by atoms with Gasteiger partial charge >= 0.3 is 0 Å². The number of nitrogens with zero attached hydrogens (tertiary/aromatic N) is 3. The van der Waals surface area contributed by atoms with Crippen LogP contribution >= 0.6 is 21.6 Å². The maximum atomic E-state index is 12.3. The van der Waals surface area contributed by atoms with Gasteiger partial charge in [0.15, 0.2) is 0 Å². The van der Waals surface area contributed by atoms with Gasteiger partial charge in [0.1, 0.15) is 0 Å². The molecule has 0 bridgehead atoms. The van der Waals surface area contributed by atoms with E-state index in [1.165, 1.54) is 0 Å². The Balaban J connectivity index is 1.29. The summed E-state index contributed by atoms with van der Waals surface area (Å²) in [6, 6.07) is 21.7. The van der Waals surface area contributed by atoms with Crippen LogP contribution in [0.4, 0.5) is 22.7 Å². The van der Waals surface area contributed by atoms with Gasteiger partial charge in [0.05, 0.1) is 11.4 Å². The van der Waals surface area contributed by atoms with E-state index in [-0.39, 0.29) is 11.8 Å². The predicted octanol–water partition coefficient (Wildman–Crippen LogP) is 5.29. The van der Waals surface area contributed by atoms with Crippen LogP contribution in [-0.4, -0.2) is 50.5 Å². The third-order valence-corrected chi connectivity index (χ3v) is 7.38. The van der Waals surface area contributed by atoms with Crippen molar-refractivity contribution < 1.29 is 9.59 Å². The third kappa shape index (κ3) is 8.94. The monoisotopic (exact) mass is 522 g/mol. The zero-order chi connectivity index (χ0) is 25.8. The Bertz CT molecular complexity index is 1150. The molecule has 0 aromatic heterocycles. The van der Waals surface area contributed by atoms with Crippen molar-refractivity contribution in [1.82, 2.24) is 10.6 Å². The Morgan fingerprint density at radius 3 is 1.58 bits per heavy atom. The predicted molar refractivity (Wildman–Crippen MR) is 152 cm³/mol. The Kier molecular flexibility index (Phi) is 10.7. The van der Waals surface area contributed by atoms with Crippen LogP contribution in [0, 0.1) is 0 Å². The lowest BCUT2D eigenvalue weighted by molar-refractivity contribution is 0.0948. The molecule has 0 unspecified atom stereocenters. The second-order valence-electron chi connectivity index (χ2n) is 7.94. The van der Waals surface area contributed by atoms with Crippen molar-refractivity contribution in [3.8, 4) is 0 Å². The van der Waals surface area contributed by atoms with Crippen LogP contribution in [0.25, 0.3) is 0 Å². The molecule has 8 nitrogen and oxygen atoms in total. The Hall–Kier alpha value is -3.50.